The first-order valence-corrected chi connectivity index (χ1v) is 1.39. The molecule has 0 saturated carbocycles. The van der Waals surface area contributed by atoms with Gasteiger partial charge >= 0.3 is 0 Å². The Morgan fingerprint density at radius 3 is 2.60 bits per heavy atom. The molecule has 0 aliphatic carbocycles. The third-order valence-electron chi connectivity index (χ3n) is 0.235. The predicted molar refractivity (Wildman–Crippen MR) is 23.4 cm³/mol. The smallest absolute Gasteiger partial charge is 0.0956 e. The molecule has 0 atom stereocenters. The lowest BCUT2D eigenvalue weighted by molar-refractivity contribution is 1.56. The molecule has 0 unspecified atom stereocenters. The Balaban J connectivity index is 2.75. The van der Waals surface area contributed by atoms with Crippen molar-refractivity contribution >= 4 is 0 Å². The summed E-state index contributed by atoms with van der Waals surface area (Å²) in [6, 6.07) is 0. The fraction of sp³-hybridized carbons (Fsp3) is 0.250. The molecule has 0 spiro atoms. The van der Waals surface area contributed by atoms with E-state index in [0.717, 1.165) is 0 Å². The molecule has 0 N–H and O–H groups in total. The van der Waals surface area contributed by atoms with Crippen LogP contribution in [0.5, 0.6) is 0 Å². The molecule has 0 radical (unpaired) electrons. The summed E-state index contributed by atoms with van der Waals surface area (Å²) in [7, 11) is 0. The number of hydrogen-bond acceptors (Lipinski definition) is 0. The van der Waals surface area contributed by atoms with Gasteiger partial charge in [-0.2, -0.15) is 0 Å². The summed E-state index contributed by atoms with van der Waals surface area (Å²) in [5, 5.41) is 0. The predicted octanol–water partition coefficient (Wildman–Crippen LogP) is 1.14. The lowest BCUT2D eigenvalue weighted by Gasteiger charge is -1.47. The number of nitrogens with zero attached hydrogens (tertiary/aromatic N) is 1. The van der Waals surface area contributed by atoms with Gasteiger partial charge in [-0.25, -0.2) is 0 Å². The Morgan fingerprint density at radius 1 is 2.00 bits per heavy atom. The molecule has 1 heteroatoms. The van der Waals surface area contributed by atoms with Gasteiger partial charge in [-0.1, -0.05) is 11.4 Å². The van der Waals surface area contributed by atoms with E-state index in [1.165, 1.54) is 0 Å². The topological polar surface area (TPSA) is 4.36 Å². The minimum Gasteiger partial charge on any atom is -0.0956 e. The Labute approximate surface area is 31.7 Å². The van der Waals surface area contributed by atoms with Crippen LogP contribution in [0.2, 0.25) is 0 Å². The molecule has 0 saturated heterocycles. The van der Waals surface area contributed by atoms with Crippen molar-refractivity contribution in [3.05, 3.63) is 17.5 Å². The highest BCUT2D eigenvalue weighted by Gasteiger charge is 1.67. The summed E-state index contributed by atoms with van der Waals surface area (Å²) in [6.07, 6.45) is 1.64. The molecule has 0 aromatic carbocycles. The van der Waals surface area contributed by atoms with Gasteiger partial charge in [0.05, 0.1) is 0 Å². The second-order valence-corrected chi connectivity index (χ2v) is 0.654. The van der Waals surface area contributed by atoms with Crippen molar-refractivity contribution in [3.8, 4) is 6.57 Å². The van der Waals surface area contributed by atoms with Crippen LogP contribution < -0.4 is 0 Å². The van der Waals surface area contributed by atoms with Crippen molar-refractivity contribution in [2.75, 3.05) is 6.54 Å². The molecule has 0 aliphatic heterocycles. The van der Waals surface area contributed by atoms with Gasteiger partial charge in [0.2, 0.25) is 0 Å². The van der Waals surface area contributed by atoms with Crippen LogP contribution in [0.15, 0.2) is 12.7 Å². The lowest BCUT2D eigenvalue weighted by atomic mass is 10.7. The van der Waals surface area contributed by atoms with E-state index in [-0.39, 0.29) is 0 Å². The third-order valence-corrected chi connectivity index (χ3v) is 0.235. The zero-order valence-electron chi connectivity index (χ0n) is 3.02. The van der Waals surface area contributed by atoms with Gasteiger partial charge in [0.25, 0.3) is 13.1 Å². The van der Waals surface area contributed by atoms with E-state index in [4.69, 9.17) is 6.57 Å². The molecule has 0 rings (SSSR count). The van der Waals surface area contributed by atoms with Crippen molar-refractivity contribution in [2.24, 2.45) is 0 Å². The highest BCUT2D eigenvalue weighted by Crippen LogP contribution is 1.61. The summed E-state index contributed by atoms with van der Waals surface area (Å²) in [5.41, 5.74) is 0. The third kappa shape index (κ3) is 3.23. The second-order valence-electron chi connectivity index (χ2n) is 0.654. The quantitative estimate of drug-likeness (QED) is 0.406. The van der Waals surface area contributed by atoms with Gasteiger partial charge in [-0.3, -0.25) is 0 Å². The van der Waals surface area contributed by atoms with Crippen LogP contribution >= 0.6 is 0 Å². The molecule has 5 heavy (non-hydrogen) atoms. The monoisotopic (exact) mass is 68.0 g/mol. The van der Waals surface area contributed by atoms with Gasteiger partial charge < -0.3 is 0 Å². The first-order chi connectivity index (χ1) is 2.41. The van der Waals surface area contributed by atoms with Crippen LogP contribution in [0.25, 0.3) is 4.85 Å². The summed E-state index contributed by atoms with van der Waals surface area (Å²) < 4.78 is 0. The Bertz CT molecular complexity index is 58.5. The lowest BCUT2D eigenvalue weighted by Crippen LogP contribution is -1.54. The van der Waals surface area contributed by atoms with E-state index in [2.05, 4.69) is 11.4 Å². The van der Waals surface area contributed by atoms with Crippen LogP contribution in [0, 0.1) is 6.57 Å². The molecule has 0 heterocycles. The van der Waals surface area contributed by atoms with Crippen molar-refractivity contribution < 1.29 is 0 Å². The van der Waals surface area contributed by atoms with Crippen LogP contribution in [0.4, 0.5) is 0 Å². The molecule has 1 nitrogen and oxygen atoms in total. The van der Waals surface area contributed by atoms with Gasteiger partial charge in [-0.05, 0) is 6.08 Å². The van der Waals surface area contributed by atoms with E-state index < -0.39 is 0 Å². The Morgan fingerprint density at radius 2 is 2.60 bits per heavy atom. The SMILES string of the molecule is C#[N+]CC=C. The Kier molecular flexibility index (Phi) is 2.73. The normalized spacial score (nSPS) is 5.40. The van der Waals surface area contributed by atoms with E-state index in [0.29, 0.717) is 6.54 Å². The molecule has 0 aromatic rings. The van der Waals surface area contributed by atoms with Crippen molar-refractivity contribution in [1.82, 2.24) is 0 Å². The van der Waals surface area contributed by atoms with E-state index >= 15 is 0 Å². The maximum Gasteiger partial charge on any atom is 0.281 e. The maximum absolute atomic E-state index is 4.69. The number of hydrogen-bond donors (Lipinski definition) is 0. The molecule has 0 aromatic heterocycles. The summed E-state index contributed by atoms with van der Waals surface area (Å²) in [4.78, 5) is 3.24. The van der Waals surface area contributed by atoms with Crippen LogP contribution in [0.1, 0.15) is 0 Å². The minimum absolute atomic E-state index is 0.556. The van der Waals surface area contributed by atoms with Crippen LogP contribution in [-0.2, 0) is 0 Å². The second kappa shape index (κ2) is 3.23. The summed E-state index contributed by atoms with van der Waals surface area (Å²) in [6.45, 7) is 8.62. The maximum atomic E-state index is 4.69. The molecule has 0 fully saturated rings. The van der Waals surface area contributed by atoms with Crippen molar-refractivity contribution in [3.63, 3.8) is 0 Å². The van der Waals surface area contributed by atoms with E-state index in [1.807, 2.05) is 0 Å². The average Bonchev–Trinajstić information content (AvgIpc) is 1.41. The minimum atomic E-state index is 0.556. The van der Waals surface area contributed by atoms with Crippen LogP contribution in [0.3, 0.4) is 0 Å². The fourth-order valence-electron chi connectivity index (χ4n) is 0.0745. The first-order valence-electron chi connectivity index (χ1n) is 1.39. The Hall–Kier alpha value is -0.770. The van der Waals surface area contributed by atoms with Crippen molar-refractivity contribution in [2.45, 2.75) is 0 Å². The zero-order chi connectivity index (χ0) is 4.12. The van der Waals surface area contributed by atoms with Crippen LogP contribution in [-0.4, -0.2) is 6.54 Å². The van der Waals surface area contributed by atoms with Gasteiger partial charge in [0.1, 0.15) is 0 Å². The van der Waals surface area contributed by atoms with Gasteiger partial charge in [0.15, 0.2) is 0 Å². The molecule has 0 bridgehead atoms. The largest absolute Gasteiger partial charge is 0.281 e. The molecular formula is C4H6N+. The molecule has 26 valence electrons. The molecule has 0 aliphatic rings. The highest BCUT2D eigenvalue weighted by atomic mass is 14.6. The summed E-state index contributed by atoms with van der Waals surface area (Å²) in [5.74, 6) is 0. The zero-order valence-corrected chi connectivity index (χ0v) is 3.02. The standard InChI is InChI=1S/C4H6N/c1-3-4-5-2/h2-3H,1,4H2/q+1. The highest BCUT2D eigenvalue weighted by molar-refractivity contribution is 4.80. The molecular weight excluding hydrogens is 62.1 g/mol. The van der Waals surface area contributed by atoms with Gasteiger partial charge in [0, 0.05) is 0 Å². The fourth-order valence-corrected chi connectivity index (χ4v) is 0.0745. The number of rotatable bonds is 1. The van der Waals surface area contributed by atoms with E-state index in [1.54, 1.807) is 6.08 Å². The average molecular weight is 68.1 g/mol. The van der Waals surface area contributed by atoms with Crippen molar-refractivity contribution in [1.29, 1.82) is 0 Å². The first kappa shape index (κ1) is 4.23. The molecule has 0 amide bonds. The summed E-state index contributed by atoms with van der Waals surface area (Å²) >= 11 is 0. The van der Waals surface area contributed by atoms with Gasteiger partial charge in [-0.15, -0.1) is 0 Å². The van der Waals surface area contributed by atoms with E-state index in [9.17, 15) is 0 Å².